The fraction of sp³-hybridized carbons (Fsp3) is 0.333. The van der Waals surface area contributed by atoms with Crippen molar-refractivity contribution in [3.8, 4) is 0 Å². The van der Waals surface area contributed by atoms with E-state index in [1.165, 1.54) is 11.9 Å². The Morgan fingerprint density at radius 1 is 1.24 bits per heavy atom. The van der Waals surface area contributed by atoms with E-state index >= 15 is 0 Å². The minimum Gasteiger partial charge on any atom is -0.393 e. The molecule has 0 fully saturated rings. The molecule has 0 unspecified atom stereocenters. The zero-order valence-electron chi connectivity index (χ0n) is 12.1. The summed E-state index contributed by atoms with van der Waals surface area (Å²) in [6.07, 6.45) is 2.40. The van der Waals surface area contributed by atoms with Crippen LogP contribution in [0.5, 0.6) is 0 Å². The molecule has 0 atom stereocenters. The van der Waals surface area contributed by atoms with E-state index in [1.54, 1.807) is 0 Å². The smallest absolute Gasteiger partial charge is 0.157 e. The minimum absolute atomic E-state index is 0.286. The van der Waals surface area contributed by atoms with E-state index in [-0.39, 0.29) is 5.15 Å². The average Bonchev–Trinajstić information content (AvgIpc) is 2.49. The van der Waals surface area contributed by atoms with Crippen LogP contribution in [0.25, 0.3) is 0 Å². The van der Waals surface area contributed by atoms with E-state index in [9.17, 15) is 0 Å². The molecule has 3 N–H and O–H groups in total. The SMILES string of the molecule is CN(CCCNc1ncnc(Cl)c1N)Cc1ccccc1. The molecule has 0 radical (unpaired) electrons. The van der Waals surface area contributed by atoms with E-state index in [4.69, 9.17) is 17.3 Å². The number of halogens is 1. The second kappa shape index (κ2) is 7.81. The molecule has 1 aromatic heterocycles. The quantitative estimate of drug-likeness (QED) is 0.608. The fourth-order valence-corrected chi connectivity index (χ4v) is 2.18. The molecule has 2 rings (SSSR count). The predicted octanol–water partition coefficient (Wildman–Crippen LogP) is 2.65. The van der Waals surface area contributed by atoms with E-state index in [0.717, 1.165) is 26.1 Å². The van der Waals surface area contributed by atoms with Gasteiger partial charge in [-0.3, -0.25) is 0 Å². The first kappa shape index (κ1) is 15.5. The average molecular weight is 306 g/mol. The second-order valence-electron chi connectivity index (χ2n) is 4.93. The van der Waals surface area contributed by atoms with Crippen LogP contribution >= 0.6 is 11.6 Å². The normalized spacial score (nSPS) is 10.8. The molecule has 0 aliphatic rings. The summed E-state index contributed by atoms with van der Waals surface area (Å²) in [5, 5.41) is 3.47. The first-order chi connectivity index (χ1) is 10.2. The van der Waals surface area contributed by atoms with E-state index < -0.39 is 0 Å². The summed E-state index contributed by atoms with van der Waals surface area (Å²) in [6, 6.07) is 10.4. The highest BCUT2D eigenvalue weighted by molar-refractivity contribution is 6.32. The molecule has 0 aliphatic carbocycles. The molecule has 1 heterocycles. The summed E-state index contributed by atoms with van der Waals surface area (Å²) in [5.74, 6) is 0.598. The third-order valence-corrected chi connectivity index (χ3v) is 3.44. The molecule has 1 aromatic carbocycles. The van der Waals surface area contributed by atoms with Crippen LogP contribution in [0, 0.1) is 0 Å². The van der Waals surface area contributed by atoms with Crippen molar-refractivity contribution in [2.45, 2.75) is 13.0 Å². The van der Waals surface area contributed by atoms with Crippen LogP contribution < -0.4 is 11.1 Å². The molecule has 6 heteroatoms. The lowest BCUT2D eigenvalue weighted by molar-refractivity contribution is 0.325. The summed E-state index contributed by atoms with van der Waals surface area (Å²) >= 11 is 5.84. The minimum atomic E-state index is 0.286. The number of aromatic nitrogens is 2. The number of rotatable bonds is 7. The van der Waals surface area contributed by atoms with E-state index in [0.29, 0.717) is 11.5 Å². The van der Waals surface area contributed by atoms with Crippen LogP contribution in [-0.4, -0.2) is 35.0 Å². The lowest BCUT2D eigenvalue weighted by Crippen LogP contribution is -2.21. The summed E-state index contributed by atoms with van der Waals surface area (Å²) in [6.45, 7) is 2.72. The van der Waals surface area contributed by atoms with Gasteiger partial charge in [-0.05, 0) is 25.6 Å². The van der Waals surface area contributed by atoms with Gasteiger partial charge in [0.25, 0.3) is 0 Å². The summed E-state index contributed by atoms with van der Waals surface area (Å²) in [4.78, 5) is 10.2. The Morgan fingerprint density at radius 3 is 2.76 bits per heavy atom. The summed E-state index contributed by atoms with van der Waals surface area (Å²) < 4.78 is 0. The summed E-state index contributed by atoms with van der Waals surface area (Å²) in [5.41, 5.74) is 7.52. The van der Waals surface area contributed by atoms with Crippen LogP contribution in [0.15, 0.2) is 36.7 Å². The molecule has 0 aliphatic heterocycles. The van der Waals surface area contributed by atoms with Crippen molar-refractivity contribution in [1.82, 2.24) is 14.9 Å². The number of hydrogen-bond donors (Lipinski definition) is 2. The number of nitrogens with one attached hydrogen (secondary N) is 1. The van der Waals surface area contributed by atoms with Crippen LogP contribution in [0.4, 0.5) is 11.5 Å². The number of benzene rings is 1. The molecule has 0 amide bonds. The maximum Gasteiger partial charge on any atom is 0.157 e. The van der Waals surface area contributed by atoms with Gasteiger partial charge >= 0.3 is 0 Å². The van der Waals surface area contributed by atoms with Gasteiger partial charge in [-0.1, -0.05) is 41.9 Å². The van der Waals surface area contributed by atoms with Gasteiger partial charge in [-0.25, -0.2) is 9.97 Å². The van der Waals surface area contributed by atoms with Gasteiger partial charge in [-0.15, -0.1) is 0 Å². The highest BCUT2D eigenvalue weighted by Gasteiger charge is 2.05. The molecular weight excluding hydrogens is 286 g/mol. The van der Waals surface area contributed by atoms with Gasteiger partial charge in [0, 0.05) is 13.1 Å². The highest BCUT2D eigenvalue weighted by Crippen LogP contribution is 2.21. The number of anilines is 2. The number of hydrogen-bond acceptors (Lipinski definition) is 5. The lowest BCUT2D eigenvalue weighted by Gasteiger charge is -2.17. The first-order valence-electron chi connectivity index (χ1n) is 6.89. The molecular formula is C15H20ClN5. The molecule has 2 aromatic rings. The molecule has 0 saturated heterocycles. The van der Waals surface area contributed by atoms with E-state index in [1.807, 2.05) is 6.07 Å². The van der Waals surface area contributed by atoms with Gasteiger partial charge in [0.1, 0.15) is 12.0 Å². The number of nitrogens with zero attached hydrogens (tertiary/aromatic N) is 3. The largest absolute Gasteiger partial charge is 0.393 e. The first-order valence-corrected chi connectivity index (χ1v) is 7.27. The fourth-order valence-electron chi connectivity index (χ4n) is 2.04. The van der Waals surface area contributed by atoms with Gasteiger partial charge in [0.15, 0.2) is 11.0 Å². The molecule has 0 spiro atoms. The van der Waals surface area contributed by atoms with Crippen molar-refractivity contribution >= 4 is 23.1 Å². The Kier molecular flexibility index (Phi) is 5.78. The Balaban J connectivity index is 1.71. The van der Waals surface area contributed by atoms with Gasteiger partial charge in [0.2, 0.25) is 0 Å². The molecule has 5 nitrogen and oxygen atoms in total. The van der Waals surface area contributed by atoms with Crippen molar-refractivity contribution < 1.29 is 0 Å². The second-order valence-corrected chi connectivity index (χ2v) is 5.29. The molecule has 0 bridgehead atoms. The van der Waals surface area contributed by atoms with Crippen molar-refractivity contribution in [3.63, 3.8) is 0 Å². The zero-order valence-corrected chi connectivity index (χ0v) is 12.8. The van der Waals surface area contributed by atoms with Crippen LogP contribution in [0.1, 0.15) is 12.0 Å². The summed E-state index contributed by atoms with van der Waals surface area (Å²) in [7, 11) is 2.11. The zero-order chi connectivity index (χ0) is 15.1. The maximum absolute atomic E-state index is 5.84. The topological polar surface area (TPSA) is 67.1 Å². The monoisotopic (exact) mass is 305 g/mol. The van der Waals surface area contributed by atoms with Gasteiger partial charge < -0.3 is 16.0 Å². The van der Waals surface area contributed by atoms with Crippen LogP contribution in [0.3, 0.4) is 0 Å². The molecule has 0 saturated carbocycles. The third kappa shape index (κ3) is 4.88. The Morgan fingerprint density at radius 2 is 2.00 bits per heavy atom. The Labute approximate surface area is 130 Å². The van der Waals surface area contributed by atoms with Gasteiger partial charge in [-0.2, -0.15) is 0 Å². The van der Waals surface area contributed by atoms with Crippen LogP contribution in [-0.2, 0) is 6.54 Å². The maximum atomic E-state index is 5.84. The van der Waals surface area contributed by atoms with Crippen molar-refractivity contribution in [1.29, 1.82) is 0 Å². The molecule has 21 heavy (non-hydrogen) atoms. The van der Waals surface area contributed by atoms with Gasteiger partial charge in [0.05, 0.1) is 0 Å². The highest BCUT2D eigenvalue weighted by atomic mass is 35.5. The molecule has 112 valence electrons. The predicted molar refractivity (Wildman–Crippen MR) is 87.3 cm³/mol. The van der Waals surface area contributed by atoms with Crippen molar-refractivity contribution in [2.24, 2.45) is 0 Å². The third-order valence-electron chi connectivity index (χ3n) is 3.14. The number of nitrogen functional groups attached to an aromatic ring is 1. The lowest BCUT2D eigenvalue weighted by atomic mass is 10.2. The Bertz CT molecular complexity index is 561. The number of nitrogens with two attached hydrogens (primary N) is 1. The Hall–Kier alpha value is -1.85. The standard InChI is InChI=1S/C15H20ClN5/c1-21(10-12-6-3-2-4-7-12)9-5-8-18-15-13(17)14(16)19-11-20-15/h2-4,6-7,11H,5,8-10,17H2,1H3,(H,18,19,20). The van der Waals surface area contributed by atoms with Crippen molar-refractivity contribution in [2.75, 3.05) is 31.2 Å². The van der Waals surface area contributed by atoms with E-state index in [2.05, 4.69) is 51.5 Å². The van der Waals surface area contributed by atoms with Crippen LogP contribution in [0.2, 0.25) is 5.15 Å². The van der Waals surface area contributed by atoms with Crippen molar-refractivity contribution in [3.05, 3.63) is 47.4 Å².